The standard InChI is InChI=1S/C22H25N3O3/c1-23-21(27)18-9-7-17(8-10-18)14-24-22(28)19-13-20(26)25(15-19)12-11-16-5-3-2-4-6-16/h2-10,19H,11-15H2,1H3,(H,23,27)(H,24,28). The summed E-state index contributed by atoms with van der Waals surface area (Å²) in [5.74, 6) is -0.527. The molecule has 1 atom stereocenters. The number of carbonyl (C=O) groups is 3. The summed E-state index contributed by atoms with van der Waals surface area (Å²) in [4.78, 5) is 38.0. The molecule has 0 radical (unpaired) electrons. The number of carbonyl (C=O) groups excluding carboxylic acids is 3. The number of likely N-dealkylation sites (tertiary alicyclic amines) is 1. The fourth-order valence-electron chi connectivity index (χ4n) is 3.32. The van der Waals surface area contributed by atoms with Crippen LogP contribution in [-0.4, -0.2) is 42.8 Å². The van der Waals surface area contributed by atoms with Gasteiger partial charge in [0.05, 0.1) is 5.92 Å². The lowest BCUT2D eigenvalue weighted by Gasteiger charge is -2.16. The van der Waals surface area contributed by atoms with Crippen molar-refractivity contribution in [2.75, 3.05) is 20.1 Å². The molecule has 0 bridgehead atoms. The summed E-state index contributed by atoms with van der Waals surface area (Å²) in [6.45, 7) is 1.47. The smallest absolute Gasteiger partial charge is 0.251 e. The molecule has 28 heavy (non-hydrogen) atoms. The Bertz CT molecular complexity index is 834. The van der Waals surface area contributed by atoms with Gasteiger partial charge in [-0.15, -0.1) is 0 Å². The molecule has 1 aliphatic rings. The van der Waals surface area contributed by atoms with E-state index in [-0.39, 0.29) is 30.1 Å². The molecule has 1 aliphatic heterocycles. The van der Waals surface area contributed by atoms with Crippen LogP contribution in [0.1, 0.15) is 27.9 Å². The Morgan fingerprint density at radius 3 is 2.43 bits per heavy atom. The van der Waals surface area contributed by atoms with E-state index in [0.29, 0.717) is 25.2 Å². The number of amides is 3. The highest BCUT2D eigenvalue weighted by molar-refractivity contribution is 5.94. The molecule has 6 nitrogen and oxygen atoms in total. The maximum atomic E-state index is 12.5. The van der Waals surface area contributed by atoms with Crippen molar-refractivity contribution in [1.82, 2.24) is 15.5 Å². The summed E-state index contributed by atoms with van der Waals surface area (Å²) in [6, 6.07) is 17.1. The Labute approximate surface area is 164 Å². The Morgan fingerprint density at radius 2 is 1.75 bits per heavy atom. The van der Waals surface area contributed by atoms with E-state index in [1.807, 2.05) is 42.5 Å². The Kier molecular flexibility index (Phi) is 6.42. The highest BCUT2D eigenvalue weighted by Gasteiger charge is 2.33. The van der Waals surface area contributed by atoms with Gasteiger partial charge in [0.25, 0.3) is 5.91 Å². The van der Waals surface area contributed by atoms with Crippen LogP contribution in [-0.2, 0) is 22.6 Å². The number of nitrogens with one attached hydrogen (secondary N) is 2. The summed E-state index contributed by atoms with van der Waals surface area (Å²) in [6.07, 6.45) is 1.05. The third-order valence-corrected chi connectivity index (χ3v) is 5.01. The van der Waals surface area contributed by atoms with Gasteiger partial charge in [-0.05, 0) is 29.7 Å². The average Bonchev–Trinajstić information content (AvgIpc) is 3.11. The molecule has 2 aromatic rings. The van der Waals surface area contributed by atoms with Crippen LogP contribution >= 0.6 is 0 Å². The lowest BCUT2D eigenvalue weighted by molar-refractivity contribution is -0.129. The highest BCUT2D eigenvalue weighted by atomic mass is 16.2. The van der Waals surface area contributed by atoms with Crippen LogP contribution in [0.3, 0.4) is 0 Å². The molecule has 6 heteroatoms. The van der Waals surface area contributed by atoms with Crippen LogP contribution in [0, 0.1) is 5.92 Å². The second-order valence-corrected chi connectivity index (χ2v) is 6.97. The molecule has 0 spiro atoms. The molecule has 2 aromatic carbocycles. The second-order valence-electron chi connectivity index (χ2n) is 6.97. The first-order chi connectivity index (χ1) is 13.6. The number of nitrogens with zero attached hydrogens (tertiary/aromatic N) is 1. The van der Waals surface area contributed by atoms with Crippen molar-refractivity contribution in [2.24, 2.45) is 5.92 Å². The van der Waals surface area contributed by atoms with E-state index in [4.69, 9.17) is 0 Å². The van der Waals surface area contributed by atoms with Crippen LogP contribution in [0.4, 0.5) is 0 Å². The topological polar surface area (TPSA) is 78.5 Å². The maximum absolute atomic E-state index is 12.5. The first-order valence-electron chi connectivity index (χ1n) is 9.47. The van der Waals surface area contributed by atoms with Gasteiger partial charge in [0.2, 0.25) is 11.8 Å². The van der Waals surface area contributed by atoms with Crippen molar-refractivity contribution in [3.8, 4) is 0 Å². The molecule has 2 N–H and O–H groups in total. The Hall–Kier alpha value is -3.15. The monoisotopic (exact) mass is 379 g/mol. The summed E-state index contributed by atoms with van der Waals surface area (Å²) < 4.78 is 0. The number of rotatable bonds is 7. The van der Waals surface area contributed by atoms with Crippen molar-refractivity contribution in [3.05, 3.63) is 71.3 Å². The normalized spacial score (nSPS) is 16.1. The van der Waals surface area contributed by atoms with E-state index < -0.39 is 0 Å². The highest BCUT2D eigenvalue weighted by Crippen LogP contribution is 2.19. The molecule has 1 saturated heterocycles. The van der Waals surface area contributed by atoms with E-state index in [0.717, 1.165) is 12.0 Å². The summed E-state index contributed by atoms with van der Waals surface area (Å²) in [7, 11) is 1.59. The second kappa shape index (κ2) is 9.17. The van der Waals surface area contributed by atoms with Crippen molar-refractivity contribution in [2.45, 2.75) is 19.4 Å². The van der Waals surface area contributed by atoms with E-state index in [1.165, 1.54) is 5.56 Å². The summed E-state index contributed by atoms with van der Waals surface area (Å²) >= 11 is 0. The molecule has 3 rings (SSSR count). The van der Waals surface area contributed by atoms with Crippen LogP contribution in [0.5, 0.6) is 0 Å². The molecule has 146 valence electrons. The van der Waals surface area contributed by atoms with Crippen molar-refractivity contribution >= 4 is 17.7 Å². The van der Waals surface area contributed by atoms with E-state index in [9.17, 15) is 14.4 Å². The van der Waals surface area contributed by atoms with Crippen LogP contribution in [0.25, 0.3) is 0 Å². The van der Waals surface area contributed by atoms with Gasteiger partial charge < -0.3 is 15.5 Å². The predicted molar refractivity (Wildman–Crippen MR) is 107 cm³/mol. The molecule has 3 amide bonds. The molecular weight excluding hydrogens is 354 g/mol. The third kappa shape index (κ3) is 4.97. The average molecular weight is 379 g/mol. The molecular formula is C22H25N3O3. The lowest BCUT2D eigenvalue weighted by atomic mass is 10.1. The quantitative estimate of drug-likeness (QED) is 0.769. The van der Waals surface area contributed by atoms with Crippen LogP contribution in [0.2, 0.25) is 0 Å². The van der Waals surface area contributed by atoms with Gasteiger partial charge >= 0.3 is 0 Å². The first-order valence-corrected chi connectivity index (χ1v) is 9.47. The minimum absolute atomic E-state index is 0.0333. The van der Waals surface area contributed by atoms with Gasteiger partial charge in [0.1, 0.15) is 0 Å². The van der Waals surface area contributed by atoms with Gasteiger partial charge in [-0.2, -0.15) is 0 Å². The van der Waals surface area contributed by atoms with Gasteiger partial charge in [-0.25, -0.2) is 0 Å². The molecule has 1 heterocycles. The molecule has 0 saturated carbocycles. The van der Waals surface area contributed by atoms with Crippen LogP contribution < -0.4 is 10.6 Å². The van der Waals surface area contributed by atoms with E-state index in [1.54, 1.807) is 24.1 Å². The zero-order chi connectivity index (χ0) is 19.9. The van der Waals surface area contributed by atoms with E-state index >= 15 is 0 Å². The van der Waals surface area contributed by atoms with Crippen molar-refractivity contribution in [3.63, 3.8) is 0 Å². The maximum Gasteiger partial charge on any atom is 0.251 e. The summed E-state index contributed by atoms with van der Waals surface area (Å²) in [5.41, 5.74) is 2.67. The van der Waals surface area contributed by atoms with Crippen molar-refractivity contribution in [1.29, 1.82) is 0 Å². The molecule has 1 unspecified atom stereocenters. The third-order valence-electron chi connectivity index (χ3n) is 5.01. The van der Waals surface area contributed by atoms with Gasteiger partial charge in [0, 0.05) is 38.7 Å². The molecule has 1 fully saturated rings. The van der Waals surface area contributed by atoms with Gasteiger partial charge in [-0.3, -0.25) is 14.4 Å². The zero-order valence-corrected chi connectivity index (χ0v) is 16.0. The van der Waals surface area contributed by atoms with Crippen molar-refractivity contribution < 1.29 is 14.4 Å². The summed E-state index contributed by atoms with van der Waals surface area (Å²) in [5, 5.41) is 5.47. The fourth-order valence-corrected chi connectivity index (χ4v) is 3.32. The van der Waals surface area contributed by atoms with Gasteiger partial charge in [0.15, 0.2) is 0 Å². The lowest BCUT2D eigenvalue weighted by Crippen LogP contribution is -2.33. The van der Waals surface area contributed by atoms with Crippen LogP contribution in [0.15, 0.2) is 54.6 Å². The first kappa shape index (κ1) is 19.6. The number of hydrogen-bond acceptors (Lipinski definition) is 3. The van der Waals surface area contributed by atoms with E-state index in [2.05, 4.69) is 10.6 Å². The SMILES string of the molecule is CNC(=O)c1ccc(CNC(=O)C2CC(=O)N(CCc3ccccc3)C2)cc1. The predicted octanol–water partition coefficient (Wildman–Crippen LogP) is 1.75. The number of benzene rings is 2. The zero-order valence-electron chi connectivity index (χ0n) is 16.0. The Morgan fingerprint density at radius 1 is 1.04 bits per heavy atom. The Balaban J connectivity index is 1.47. The largest absolute Gasteiger partial charge is 0.355 e. The fraction of sp³-hybridized carbons (Fsp3) is 0.318. The minimum atomic E-state index is -0.312. The molecule has 0 aromatic heterocycles. The number of hydrogen-bond donors (Lipinski definition) is 2. The molecule has 0 aliphatic carbocycles. The minimum Gasteiger partial charge on any atom is -0.355 e. The van der Waals surface area contributed by atoms with Gasteiger partial charge in [-0.1, -0.05) is 42.5 Å².